The summed E-state index contributed by atoms with van der Waals surface area (Å²) in [5, 5.41) is 17.9. The summed E-state index contributed by atoms with van der Waals surface area (Å²) < 4.78 is 118. The van der Waals surface area contributed by atoms with E-state index in [0.717, 1.165) is 15.5 Å². The molecule has 4 aromatic rings. The van der Waals surface area contributed by atoms with E-state index in [0.29, 0.717) is 49.3 Å². The fourth-order valence-corrected chi connectivity index (χ4v) is 9.59. The molecule has 1 N–H and O–H groups in total. The minimum atomic E-state index is -4.71. The molecule has 310 valence electrons. The first-order chi connectivity index (χ1) is 26.8. The highest BCUT2D eigenvalue weighted by Crippen LogP contribution is 2.44. The molecular weight excluding hydrogens is 776 g/mol. The Kier molecular flexibility index (Phi) is 11.1. The molecule has 2 saturated heterocycles. The molecule has 0 saturated carbocycles. The van der Waals surface area contributed by atoms with E-state index in [1.807, 2.05) is 43.9 Å². The van der Waals surface area contributed by atoms with Crippen molar-refractivity contribution in [3.05, 3.63) is 76.2 Å². The van der Waals surface area contributed by atoms with Crippen LogP contribution in [0.3, 0.4) is 0 Å². The van der Waals surface area contributed by atoms with Gasteiger partial charge in [-0.3, -0.25) is 9.30 Å². The van der Waals surface area contributed by atoms with Crippen LogP contribution in [0.2, 0.25) is 0 Å². The molecule has 0 unspecified atom stereocenters. The van der Waals surface area contributed by atoms with Crippen LogP contribution >= 0.6 is 0 Å². The van der Waals surface area contributed by atoms with Crippen molar-refractivity contribution < 1.29 is 49.7 Å². The molecule has 3 aromatic heterocycles. The molecule has 1 atom stereocenters. The maximum atomic E-state index is 14.6. The molecule has 0 aliphatic carbocycles. The van der Waals surface area contributed by atoms with Gasteiger partial charge in [0.15, 0.2) is 5.65 Å². The molecule has 6 heterocycles. The van der Waals surface area contributed by atoms with Gasteiger partial charge in [-0.05, 0) is 59.2 Å². The van der Waals surface area contributed by atoms with Crippen molar-refractivity contribution >= 4 is 15.7 Å². The lowest BCUT2D eigenvalue weighted by Gasteiger charge is -2.38. The normalized spacial score (nSPS) is 20.5. The fraction of sp³-hybridized carbons (Fsp3) is 0.564. The summed E-state index contributed by atoms with van der Waals surface area (Å²) in [6, 6.07) is 10.1. The quantitative estimate of drug-likeness (QED) is 0.186. The first kappa shape index (κ1) is 41.2. The molecule has 0 amide bonds. The Morgan fingerprint density at radius 1 is 1.00 bits per heavy atom. The number of benzene rings is 1. The monoisotopic (exact) mass is 822 g/mol. The number of fused-ring (bicyclic) bond motifs is 2. The number of sulfonamides is 1. The second-order valence-electron chi connectivity index (χ2n) is 16.0. The molecule has 1 aromatic carbocycles. The van der Waals surface area contributed by atoms with Gasteiger partial charge >= 0.3 is 6.18 Å². The predicted molar refractivity (Wildman–Crippen MR) is 198 cm³/mol. The van der Waals surface area contributed by atoms with Gasteiger partial charge in [0.05, 0.1) is 19.8 Å². The summed E-state index contributed by atoms with van der Waals surface area (Å²) in [4.78, 5) is 6.28. The first-order valence-corrected chi connectivity index (χ1v) is 20.4. The van der Waals surface area contributed by atoms with Crippen molar-refractivity contribution in [2.45, 2.75) is 88.4 Å². The Morgan fingerprint density at radius 3 is 2.40 bits per heavy atom. The minimum Gasteiger partial charge on any atom is -0.476 e. The molecular formula is C39H47F5N6O6S. The van der Waals surface area contributed by atoms with E-state index < -0.39 is 44.9 Å². The SMILES string of the molecule is Cc1ccc([C@H](c2ccn3c(C(F)(F)F)nnc3c2C)C(C)(C)CO)cc1CN1CC2(CCOCC2)Oc2nc(OCCN3CCC(F)(F)CC3)ccc2S1(=O)=O. The number of aryl methyl sites for hydroxylation is 2. The number of nitrogens with zero attached hydrogens (tertiary/aromatic N) is 6. The predicted octanol–water partition coefficient (Wildman–Crippen LogP) is 6.15. The number of alkyl halides is 5. The number of pyridine rings is 2. The van der Waals surface area contributed by atoms with Crippen LogP contribution in [0.5, 0.6) is 11.8 Å². The number of ether oxygens (including phenoxy) is 3. The van der Waals surface area contributed by atoms with Crippen molar-refractivity contribution in [3.63, 3.8) is 0 Å². The lowest BCUT2D eigenvalue weighted by molar-refractivity contribution is -0.145. The zero-order valence-electron chi connectivity index (χ0n) is 32.3. The number of likely N-dealkylation sites (tertiary alicyclic amines) is 1. The van der Waals surface area contributed by atoms with E-state index in [-0.39, 0.29) is 74.5 Å². The molecule has 2 fully saturated rings. The molecule has 18 heteroatoms. The molecule has 1 spiro atoms. The Morgan fingerprint density at radius 2 is 1.72 bits per heavy atom. The summed E-state index contributed by atoms with van der Waals surface area (Å²) in [7, 11) is -4.21. The molecule has 7 rings (SSSR count). The van der Waals surface area contributed by atoms with Gasteiger partial charge in [-0.2, -0.15) is 22.5 Å². The molecule has 57 heavy (non-hydrogen) atoms. The number of aromatic nitrogens is 4. The highest BCUT2D eigenvalue weighted by molar-refractivity contribution is 7.89. The molecule has 3 aliphatic heterocycles. The lowest BCUT2D eigenvalue weighted by Crippen LogP contribution is -2.50. The number of hydrogen-bond acceptors (Lipinski definition) is 10. The smallest absolute Gasteiger partial charge is 0.452 e. The fourth-order valence-electron chi connectivity index (χ4n) is 8.05. The van der Waals surface area contributed by atoms with Crippen LogP contribution in [0.25, 0.3) is 5.65 Å². The standard InChI is InChI=1S/C39H47F5N6O6S/c1-25-5-6-27(32(36(3,4)24-51)29-9-14-50-33(26(29)2)46-47-35(50)39(42,43)44)21-28(25)22-49-23-37(12-18-54-19-13-37)56-34-30(57(49,52)53)7-8-31(45-34)55-20-17-48-15-10-38(40,41)11-16-48/h5-9,14,21,32,51H,10-13,15-20,22-24H2,1-4H3/t32-/m1/s1. The second-order valence-corrected chi connectivity index (χ2v) is 18.0. The van der Waals surface area contributed by atoms with Gasteiger partial charge in [0.2, 0.25) is 27.6 Å². The maximum Gasteiger partial charge on any atom is 0.452 e. The Hall–Kier alpha value is -3.97. The lowest BCUT2D eigenvalue weighted by atomic mass is 9.70. The van der Waals surface area contributed by atoms with E-state index in [1.54, 1.807) is 13.0 Å². The number of hydrogen-bond donors (Lipinski definition) is 1. The number of rotatable bonds is 10. The van der Waals surface area contributed by atoms with Crippen LogP contribution < -0.4 is 9.47 Å². The van der Waals surface area contributed by atoms with E-state index >= 15 is 0 Å². The number of aliphatic hydroxyl groups excluding tert-OH is 1. The molecule has 12 nitrogen and oxygen atoms in total. The highest BCUT2D eigenvalue weighted by atomic mass is 32.2. The van der Waals surface area contributed by atoms with Crippen LogP contribution in [0.4, 0.5) is 22.0 Å². The van der Waals surface area contributed by atoms with E-state index in [9.17, 15) is 35.5 Å². The van der Waals surface area contributed by atoms with Crippen molar-refractivity contribution in [1.29, 1.82) is 0 Å². The zero-order valence-corrected chi connectivity index (χ0v) is 33.1. The van der Waals surface area contributed by atoms with Gasteiger partial charge in [-0.15, -0.1) is 10.2 Å². The number of piperidine rings is 1. The molecule has 0 radical (unpaired) electrons. The number of aliphatic hydroxyl groups is 1. The van der Waals surface area contributed by atoms with E-state index in [2.05, 4.69) is 15.2 Å². The van der Waals surface area contributed by atoms with E-state index in [4.69, 9.17) is 14.2 Å². The maximum absolute atomic E-state index is 14.6. The van der Waals surface area contributed by atoms with Crippen molar-refractivity contribution in [1.82, 2.24) is 28.8 Å². The summed E-state index contributed by atoms with van der Waals surface area (Å²) in [6.07, 6.45) is -3.05. The van der Waals surface area contributed by atoms with Gasteiger partial charge in [0.25, 0.3) is 5.92 Å². The highest BCUT2D eigenvalue weighted by Gasteiger charge is 2.46. The van der Waals surface area contributed by atoms with Crippen LogP contribution in [-0.4, -0.2) is 106 Å². The Labute approximate surface area is 328 Å². The second kappa shape index (κ2) is 15.3. The Bertz CT molecular complexity index is 2220. The Balaban J connectivity index is 1.20. The summed E-state index contributed by atoms with van der Waals surface area (Å²) >= 11 is 0. The van der Waals surface area contributed by atoms with Crippen molar-refractivity contribution in [3.8, 4) is 11.8 Å². The first-order valence-electron chi connectivity index (χ1n) is 19.0. The van der Waals surface area contributed by atoms with Gasteiger partial charge in [0.1, 0.15) is 17.1 Å². The van der Waals surface area contributed by atoms with Crippen LogP contribution in [0.1, 0.15) is 79.1 Å². The van der Waals surface area contributed by atoms with Gasteiger partial charge in [-0.1, -0.05) is 32.0 Å². The van der Waals surface area contributed by atoms with Gasteiger partial charge in [-0.25, -0.2) is 17.2 Å². The largest absolute Gasteiger partial charge is 0.476 e. The van der Waals surface area contributed by atoms with E-state index in [1.165, 1.54) is 22.6 Å². The summed E-state index contributed by atoms with van der Waals surface area (Å²) in [6.45, 7) is 8.74. The third kappa shape index (κ3) is 8.33. The van der Waals surface area contributed by atoms with Crippen LogP contribution in [-0.2, 0) is 27.5 Å². The van der Waals surface area contributed by atoms with Crippen molar-refractivity contribution in [2.24, 2.45) is 5.41 Å². The van der Waals surface area contributed by atoms with Crippen molar-refractivity contribution in [2.75, 3.05) is 52.6 Å². The average molecular weight is 823 g/mol. The third-order valence-electron chi connectivity index (χ3n) is 11.5. The van der Waals surface area contributed by atoms with Crippen LogP contribution in [0, 0.1) is 19.3 Å². The number of halogens is 5. The summed E-state index contributed by atoms with van der Waals surface area (Å²) in [5.74, 6) is -4.27. The molecule has 0 bridgehead atoms. The van der Waals surface area contributed by atoms with Gasteiger partial charge in [0, 0.05) is 76.7 Å². The average Bonchev–Trinajstić information content (AvgIpc) is 3.58. The summed E-state index contributed by atoms with van der Waals surface area (Å²) in [5.41, 5.74) is 1.58. The van der Waals surface area contributed by atoms with Gasteiger partial charge < -0.3 is 19.3 Å². The topological polar surface area (TPSA) is 132 Å². The van der Waals surface area contributed by atoms with Crippen LogP contribution in [0.15, 0.2) is 47.5 Å². The minimum absolute atomic E-state index is 0.00423. The third-order valence-corrected chi connectivity index (χ3v) is 13.3. The molecule has 3 aliphatic rings. The zero-order chi connectivity index (χ0) is 41.0.